The number of hydrogen-bond acceptors (Lipinski definition) is 8. The topological polar surface area (TPSA) is 123 Å². The number of thiophene rings is 1. The van der Waals surface area contributed by atoms with Gasteiger partial charge in [0.25, 0.3) is 11.8 Å². The number of para-hydroxylation sites is 1. The van der Waals surface area contributed by atoms with E-state index in [0.29, 0.717) is 44.6 Å². The van der Waals surface area contributed by atoms with E-state index < -0.39 is 23.0 Å². The van der Waals surface area contributed by atoms with Crippen LogP contribution in [0.15, 0.2) is 120 Å². The fraction of sp³-hybridized carbons (Fsp3) is 0.190. The first kappa shape index (κ1) is 37.1. The minimum Gasteiger partial charge on any atom is -0.493 e. The van der Waals surface area contributed by atoms with Crippen LogP contribution in [-0.2, 0) is 27.2 Å². The van der Waals surface area contributed by atoms with E-state index in [1.165, 1.54) is 30.2 Å². The lowest BCUT2D eigenvalue weighted by molar-refractivity contribution is -0.116. The van der Waals surface area contributed by atoms with Gasteiger partial charge in [-0.05, 0) is 86.2 Å². The minimum absolute atomic E-state index is 0.0191. The summed E-state index contributed by atoms with van der Waals surface area (Å²) < 4.78 is 10.9. The van der Waals surface area contributed by atoms with Crippen LogP contribution in [0, 0.1) is 0 Å². The van der Waals surface area contributed by atoms with Crippen LogP contribution in [0.25, 0.3) is 6.08 Å². The van der Waals surface area contributed by atoms with Gasteiger partial charge in [-0.15, -0.1) is 23.1 Å². The lowest BCUT2D eigenvalue weighted by Gasteiger charge is -2.18. The molecule has 53 heavy (non-hydrogen) atoms. The molecule has 1 unspecified atom stereocenters. The average Bonchev–Trinajstić information content (AvgIpc) is 3.55. The van der Waals surface area contributed by atoms with Gasteiger partial charge in [-0.1, -0.05) is 72.8 Å². The predicted octanol–water partition coefficient (Wildman–Crippen LogP) is 8.69. The van der Waals surface area contributed by atoms with Crippen LogP contribution in [0.4, 0.5) is 10.7 Å². The third-order valence-electron chi connectivity index (χ3n) is 8.53. The fourth-order valence-corrected chi connectivity index (χ4v) is 8.38. The van der Waals surface area contributed by atoms with E-state index in [4.69, 9.17) is 9.47 Å². The SMILES string of the molecule is CCOc1ccccc1/C=C(/NC(=O)c1ccccc1)C(=O)Nc1cccc(SC(C(=O)Nc2sc3c(c2C(=O)OC)CCCC3)c2ccccc2)c1. The molecule has 1 atom stereocenters. The molecule has 11 heteroatoms. The molecule has 0 saturated heterocycles. The van der Waals surface area contributed by atoms with Crippen LogP contribution in [0.3, 0.4) is 0 Å². The summed E-state index contributed by atoms with van der Waals surface area (Å²) in [4.78, 5) is 55.9. The van der Waals surface area contributed by atoms with Crippen molar-refractivity contribution in [3.05, 3.63) is 148 Å². The molecule has 1 aromatic heterocycles. The van der Waals surface area contributed by atoms with Crippen LogP contribution >= 0.6 is 23.1 Å². The molecule has 270 valence electrons. The second kappa shape index (κ2) is 17.7. The molecule has 0 radical (unpaired) electrons. The Bertz CT molecular complexity index is 2130. The van der Waals surface area contributed by atoms with E-state index in [-0.39, 0.29) is 11.6 Å². The summed E-state index contributed by atoms with van der Waals surface area (Å²) >= 11 is 2.75. The summed E-state index contributed by atoms with van der Waals surface area (Å²) in [7, 11) is 1.35. The molecule has 3 N–H and O–H groups in total. The van der Waals surface area contributed by atoms with E-state index in [9.17, 15) is 19.2 Å². The van der Waals surface area contributed by atoms with Crippen LogP contribution in [0.2, 0.25) is 0 Å². The molecule has 6 rings (SSSR count). The maximum Gasteiger partial charge on any atom is 0.341 e. The Kier molecular flexibility index (Phi) is 12.4. The standard InChI is InChI=1S/C42H39N3O6S2/c1-3-51-34-23-12-10-19-29(34)25-33(44-38(46)28-17-8-5-9-18-28)39(47)43-30-20-14-21-31(26-30)52-37(27-15-6-4-7-16-27)40(48)45-41-36(42(49)50-2)32-22-11-13-24-35(32)53-41/h4-10,12,14-21,23,25-26,37H,3,11,13,22,24H2,1-2H3,(H,43,47)(H,44,46)(H,45,48)/b33-25+. The number of hydrogen-bond donors (Lipinski definition) is 3. The van der Waals surface area contributed by atoms with Gasteiger partial charge in [-0.3, -0.25) is 14.4 Å². The van der Waals surface area contributed by atoms with Crippen LogP contribution < -0.4 is 20.7 Å². The van der Waals surface area contributed by atoms with E-state index >= 15 is 0 Å². The molecule has 0 saturated carbocycles. The Balaban J connectivity index is 1.26. The van der Waals surface area contributed by atoms with Gasteiger partial charge in [-0.25, -0.2) is 4.79 Å². The number of methoxy groups -OCH3 is 1. The Labute approximate surface area is 316 Å². The number of fused-ring (bicyclic) bond motifs is 1. The van der Waals surface area contributed by atoms with Crippen molar-refractivity contribution in [2.75, 3.05) is 24.4 Å². The molecule has 0 spiro atoms. The van der Waals surface area contributed by atoms with Gasteiger partial charge in [0.15, 0.2) is 0 Å². The number of thioether (sulfide) groups is 1. The number of rotatable bonds is 13. The van der Waals surface area contributed by atoms with Crippen molar-refractivity contribution in [1.82, 2.24) is 5.32 Å². The number of anilines is 2. The van der Waals surface area contributed by atoms with Gasteiger partial charge in [-0.2, -0.15) is 0 Å². The van der Waals surface area contributed by atoms with Gasteiger partial charge in [0.2, 0.25) is 5.91 Å². The van der Waals surface area contributed by atoms with Gasteiger partial charge in [0.05, 0.1) is 19.3 Å². The first-order valence-electron chi connectivity index (χ1n) is 17.3. The maximum atomic E-state index is 14.1. The highest BCUT2D eigenvalue weighted by molar-refractivity contribution is 8.00. The zero-order valence-electron chi connectivity index (χ0n) is 29.3. The number of carbonyl (C=O) groups is 4. The van der Waals surface area contributed by atoms with Crippen molar-refractivity contribution >= 4 is 63.6 Å². The van der Waals surface area contributed by atoms with Crippen LogP contribution in [0.1, 0.15) is 67.3 Å². The monoisotopic (exact) mass is 745 g/mol. The fourth-order valence-electron chi connectivity index (χ4n) is 6.02. The highest BCUT2D eigenvalue weighted by Crippen LogP contribution is 2.41. The molecule has 0 aliphatic heterocycles. The summed E-state index contributed by atoms with van der Waals surface area (Å²) in [6.07, 6.45) is 5.23. The number of carbonyl (C=O) groups excluding carboxylic acids is 4. The Hall–Kier alpha value is -5.65. The number of aryl methyl sites for hydroxylation is 1. The van der Waals surface area contributed by atoms with Gasteiger partial charge < -0.3 is 25.4 Å². The Morgan fingerprint density at radius 1 is 0.849 bits per heavy atom. The predicted molar refractivity (Wildman–Crippen MR) is 211 cm³/mol. The highest BCUT2D eigenvalue weighted by Gasteiger charge is 2.30. The summed E-state index contributed by atoms with van der Waals surface area (Å²) in [5.41, 5.74) is 3.67. The molecule has 5 aromatic rings. The summed E-state index contributed by atoms with van der Waals surface area (Å²) in [6.45, 7) is 2.30. The lowest BCUT2D eigenvalue weighted by atomic mass is 9.95. The first-order valence-corrected chi connectivity index (χ1v) is 19.0. The van der Waals surface area contributed by atoms with Crippen molar-refractivity contribution in [2.45, 2.75) is 42.8 Å². The summed E-state index contributed by atoms with van der Waals surface area (Å²) in [5.74, 6) is -1.16. The van der Waals surface area contributed by atoms with E-state index in [1.807, 2.05) is 61.5 Å². The van der Waals surface area contributed by atoms with Crippen molar-refractivity contribution in [3.63, 3.8) is 0 Å². The first-order chi connectivity index (χ1) is 25.8. The normalized spacial score (nSPS) is 12.9. The quantitative estimate of drug-likeness (QED) is 0.0626. The Morgan fingerprint density at radius 2 is 1.57 bits per heavy atom. The lowest BCUT2D eigenvalue weighted by Crippen LogP contribution is -2.30. The van der Waals surface area contributed by atoms with Gasteiger partial charge in [0, 0.05) is 26.6 Å². The Morgan fingerprint density at radius 3 is 2.32 bits per heavy atom. The molecule has 4 aromatic carbocycles. The maximum absolute atomic E-state index is 14.1. The average molecular weight is 746 g/mol. The van der Waals surface area contributed by atoms with E-state index in [0.717, 1.165) is 41.7 Å². The smallest absolute Gasteiger partial charge is 0.341 e. The summed E-state index contributed by atoms with van der Waals surface area (Å²) in [5, 5.41) is 8.57. The van der Waals surface area contributed by atoms with Crippen molar-refractivity contribution in [1.29, 1.82) is 0 Å². The van der Waals surface area contributed by atoms with Crippen LogP contribution in [-0.4, -0.2) is 37.4 Å². The number of amides is 3. The minimum atomic E-state index is -0.692. The van der Waals surface area contributed by atoms with Crippen molar-refractivity contribution in [3.8, 4) is 5.75 Å². The van der Waals surface area contributed by atoms with E-state index in [1.54, 1.807) is 60.7 Å². The highest BCUT2D eigenvalue weighted by atomic mass is 32.2. The third-order valence-corrected chi connectivity index (χ3v) is 11.0. The molecule has 0 fully saturated rings. The van der Waals surface area contributed by atoms with E-state index in [2.05, 4.69) is 16.0 Å². The van der Waals surface area contributed by atoms with Gasteiger partial charge in [0.1, 0.15) is 21.7 Å². The third kappa shape index (κ3) is 9.24. The van der Waals surface area contributed by atoms with Gasteiger partial charge >= 0.3 is 5.97 Å². The molecular weight excluding hydrogens is 707 g/mol. The zero-order valence-corrected chi connectivity index (χ0v) is 31.0. The van der Waals surface area contributed by atoms with Crippen molar-refractivity contribution in [2.24, 2.45) is 0 Å². The molecule has 0 bridgehead atoms. The number of esters is 1. The van der Waals surface area contributed by atoms with Crippen molar-refractivity contribution < 1.29 is 28.7 Å². The van der Waals surface area contributed by atoms with Crippen LogP contribution in [0.5, 0.6) is 5.75 Å². The largest absolute Gasteiger partial charge is 0.493 e. The molecule has 3 amide bonds. The second-order valence-corrected chi connectivity index (χ2v) is 14.4. The molecular formula is C42H39N3O6S2. The number of nitrogens with one attached hydrogen (secondary N) is 3. The molecule has 1 aliphatic rings. The number of benzene rings is 4. The second-order valence-electron chi connectivity index (χ2n) is 12.1. The molecule has 1 aliphatic carbocycles. The number of ether oxygens (including phenoxy) is 2. The summed E-state index contributed by atoms with van der Waals surface area (Å²) in [6, 6.07) is 32.5. The molecule has 1 heterocycles. The molecule has 9 nitrogen and oxygen atoms in total. The zero-order chi connectivity index (χ0) is 37.2.